The largest absolute Gasteiger partial charge is 0.448 e. The fourth-order valence-corrected chi connectivity index (χ4v) is 2.68. The molecule has 4 heterocycles. The maximum absolute atomic E-state index is 14.3. The number of rotatable bonds is 4. The second kappa shape index (κ2) is 6.30. The molecule has 4 rings (SSSR count). The number of β-amino-alcohol motifs (C(OH)–C–C–N with tert-alkyl or cyclic N) is 1. The summed E-state index contributed by atoms with van der Waals surface area (Å²) in [5, 5.41) is 17.3. The standard InChI is InChI=1S/C16H15FN6O3/c1-9-14(24)7-22(9)16(25)13-8-26-15(21-13)5-12-11(17)4-10(6-18-12)23-19-2-3-20-23/h2-4,6,8-9,14,24H,5,7H2,1H3/t9-,14-/m0/s1. The molecule has 3 aromatic heterocycles. The van der Waals surface area contributed by atoms with Crippen LogP contribution in [0.1, 0.15) is 29.0 Å². The van der Waals surface area contributed by atoms with Crippen LogP contribution < -0.4 is 0 Å². The van der Waals surface area contributed by atoms with Crippen molar-refractivity contribution in [3.8, 4) is 5.69 Å². The summed E-state index contributed by atoms with van der Waals surface area (Å²) in [6.07, 6.45) is 5.12. The molecule has 0 saturated carbocycles. The third kappa shape index (κ3) is 2.84. The van der Waals surface area contributed by atoms with Gasteiger partial charge in [-0.15, -0.1) is 4.80 Å². The van der Waals surface area contributed by atoms with Gasteiger partial charge in [0, 0.05) is 12.6 Å². The van der Waals surface area contributed by atoms with Gasteiger partial charge in [0.2, 0.25) is 5.89 Å². The van der Waals surface area contributed by atoms with Crippen LogP contribution in [-0.2, 0) is 6.42 Å². The summed E-state index contributed by atoms with van der Waals surface area (Å²) in [5.74, 6) is -0.699. The zero-order valence-electron chi connectivity index (χ0n) is 13.8. The molecule has 9 nitrogen and oxygen atoms in total. The first-order valence-electron chi connectivity index (χ1n) is 7.97. The molecule has 26 heavy (non-hydrogen) atoms. The van der Waals surface area contributed by atoms with Gasteiger partial charge in [-0.2, -0.15) is 10.2 Å². The zero-order chi connectivity index (χ0) is 18.3. The second-order valence-electron chi connectivity index (χ2n) is 6.01. The topological polar surface area (TPSA) is 110 Å². The lowest BCUT2D eigenvalue weighted by molar-refractivity contribution is -0.0360. The highest BCUT2D eigenvalue weighted by atomic mass is 19.1. The van der Waals surface area contributed by atoms with Crippen LogP contribution in [0.4, 0.5) is 4.39 Å². The highest BCUT2D eigenvalue weighted by Crippen LogP contribution is 2.21. The van der Waals surface area contributed by atoms with Gasteiger partial charge in [-0.05, 0) is 6.92 Å². The Morgan fingerprint density at radius 1 is 1.42 bits per heavy atom. The van der Waals surface area contributed by atoms with E-state index in [9.17, 15) is 14.3 Å². The molecule has 0 unspecified atom stereocenters. The summed E-state index contributed by atoms with van der Waals surface area (Å²) in [4.78, 5) is 23.2. The molecule has 1 amide bonds. The molecule has 1 fully saturated rings. The van der Waals surface area contributed by atoms with Crippen LogP contribution in [0, 0.1) is 5.82 Å². The molecule has 0 bridgehead atoms. The fraction of sp³-hybridized carbons (Fsp3) is 0.312. The van der Waals surface area contributed by atoms with E-state index in [1.54, 1.807) is 6.92 Å². The van der Waals surface area contributed by atoms with Crippen molar-refractivity contribution in [2.45, 2.75) is 25.5 Å². The first-order chi connectivity index (χ1) is 12.5. The first-order valence-corrected chi connectivity index (χ1v) is 7.97. The Bertz CT molecular complexity index is 941. The Hall–Kier alpha value is -3.14. The van der Waals surface area contributed by atoms with E-state index in [-0.39, 0.29) is 42.2 Å². The Kier molecular flexibility index (Phi) is 3.96. The minimum absolute atomic E-state index is 0.00408. The average molecular weight is 358 g/mol. The summed E-state index contributed by atoms with van der Waals surface area (Å²) in [6, 6.07) is 1.01. The lowest BCUT2D eigenvalue weighted by atomic mass is 10.0. The second-order valence-corrected chi connectivity index (χ2v) is 6.01. The predicted octanol–water partition coefficient (Wildman–Crippen LogP) is 0.585. The summed E-state index contributed by atoms with van der Waals surface area (Å²) in [5.41, 5.74) is 0.649. The van der Waals surface area contributed by atoms with E-state index in [2.05, 4.69) is 20.2 Å². The van der Waals surface area contributed by atoms with Gasteiger partial charge < -0.3 is 14.4 Å². The third-order valence-electron chi connectivity index (χ3n) is 4.34. The van der Waals surface area contributed by atoms with Crippen molar-refractivity contribution in [2.24, 2.45) is 0 Å². The van der Waals surface area contributed by atoms with Crippen LogP contribution in [0.25, 0.3) is 5.69 Å². The third-order valence-corrected chi connectivity index (χ3v) is 4.34. The van der Waals surface area contributed by atoms with Crippen molar-refractivity contribution in [1.29, 1.82) is 0 Å². The van der Waals surface area contributed by atoms with Gasteiger partial charge in [-0.3, -0.25) is 9.78 Å². The molecule has 1 N–H and O–H groups in total. The number of hydrogen-bond acceptors (Lipinski definition) is 7. The van der Waals surface area contributed by atoms with Gasteiger partial charge in [-0.25, -0.2) is 9.37 Å². The van der Waals surface area contributed by atoms with E-state index in [1.165, 1.54) is 40.6 Å². The lowest BCUT2D eigenvalue weighted by Gasteiger charge is -2.42. The van der Waals surface area contributed by atoms with Gasteiger partial charge in [0.05, 0.1) is 42.9 Å². The predicted molar refractivity (Wildman–Crippen MR) is 84.9 cm³/mol. The quantitative estimate of drug-likeness (QED) is 0.726. The number of halogens is 1. The highest BCUT2D eigenvalue weighted by Gasteiger charge is 2.38. The van der Waals surface area contributed by atoms with E-state index >= 15 is 0 Å². The lowest BCUT2D eigenvalue weighted by Crippen LogP contribution is -2.60. The summed E-state index contributed by atoms with van der Waals surface area (Å²) < 4.78 is 19.5. The zero-order valence-corrected chi connectivity index (χ0v) is 13.8. The van der Waals surface area contributed by atoms with E-state index < -0.39 is 11.9 Å². The van der Waals surface area contributed by atoms with Crippen molar-refractivity contribution in [3.63, 3.8) is 0 Å². The Balaban J connectivity index is 1.48. The molecule has 0 spiro atoms. The molecule has 1 aliphatic heterocycles. The molecule has 0 aromatic carbocycles. The Morgan fingerprint density at radius 3 is 2.85 bits per heavy atom. The number of aromatic nitrogens is 5. The van der Waals surface area contributed by atoms with Crippen LogP contribution in [0.2, 0.25) is 0 Å². The van der Waals surface area contributed by atoms with E-state index in [0.29, 0.717) is 5.69 Å². The van der Waals surface area contributed by atoms with E-state index in [1.807, 2.05) is 0 Å². The average Bonchev–Trinajstić information content (AvgIpc) is 3.32. The Labute approximate surface area is 147 Å². The number of aliphatic hydroxyl groups excluding tert-OH is 1. The normalized spacial score (nSPS) is 19.4. The van der Waals surface area contributed by atoms with Gasteiger partial charge in [0.1, 0.15) is 17.8 Å². The molecular formula is C16H15FN6O3. The number of amides is 1. The van der Waals surface area contributed by atoms with Crippen LogP contribution in [0.5, 0.6) is 0 Å². The van der Waals surface area contributed by atoms with Gasteiger partial charge in [0.15, 0.2) is 5.69 Å². The van der Waals surface area contributed by atoms with Gasteiger partial charge >= 0.3 is 0 Å². The van der Waals surface area contributed by atoms with Crippen molar-refractivity contribution >= 4 is 5.91 Å². The SMILES string of the molecule is C[C@H]1[C@@H](O)CN1C(=O)c1coc(Cc2ncc(-n3nccn3)cc2F)n1. The minimum Gasteiger partial charge on any atom is -0.448 e. The first kappa shape index (κ1) is 16.3. The summed E-state index contributed by atoms with van der Waals surface area (Å²) >= 11 is 0. The van der Waals surface area contributed by atoms with Crippen molar-refractivity contribution < 1.29 is 18.7 Å². The van der Waals surface area contributed by atoms with E-state index in [4.69, 9.17) is 4.42 Å². The number of likely N-dealkylation sites (tertiary alicyclic amines) is 1. The fourth-order valence-electron chi connectivity index (χ4n) is 2.68. The monoisotopic (exact) mass is 358 g/mol. The smallest absolute Gasteiger partial charge is 0.276 e. The number of hydrogen-bond donors (Lipinski definition) is 1. The van der Waals surface area contributed by atoms with Crippen LogP contribution in [0.3, 0.4) is 0 Å². The molecule has 1 aliphatic rings. The van der Waals surface area contributed by atoms with Crippen LogP contribution in [0.15, 0.2) is 35.3 Å². The maximum atomic E-state index is 14.3. The Morgan fingerprint density at radius 2 is 2.19 bits per heavy atom. The van der Waals surface area contributed by atoms with Crippen LogP contribution in [-0.4, -0.2) is 59.6 Å². The molecule has 134 valence electrons. The van der Waals surface area contributed by atoms with Crippen LogP contribution >= 0.6 is 0 Å². The molecule has 0 radical (unpaired) electrons. The molecule has 1 saturated heterocycles. The van der Waals surface area contributed by atoms with Gasteiger partial charge in [0.25, 0.3) is 5.91 Å². The number of nitrogens with zero attached hydrogens (tertiary/aromatic N) is 6. The molecule has 3 aromatic rings. The number of pyridine rings is 1. The van der Waals surface area contributed by atoms with Crippen molar-refractivity contribution in [3.05, 3.63) is 54.0 Å². The van der Waals surface area contributed by atoms with Crippen molar-refractivity contribution in [1.82, 2.24) is 29.9 Å². The maximum Gasteiger partial charge on any atom is 0.276 e. The molecular weight excluding hydrogens is 343 g/mol. The number of carbonyl (C=O) groups excluding carboxylic acids is 1. The molecule has 10 heteroatoms. The molecule has 0 aliphatic carbocycles. The summed E-state index contributed by atoms with van der Waals surface area (Å²) in [7, 11) is 0. The van der Waals surface area contributed by atoms with E-state index in [0.717, 1.165) is 0 Å². The highest BCUT2D eigenvalue weighted by molar-refractivity contribution is 5.92. The number of oxazole rings is 1. The minimum atomic E-state index is -0.551. The van der Waals surface area contributed by atoms with Crippen molar-refractivity contribution in [2.75, 3.05) is 6.54 Å². The number of carbonyl (C=O) groups is 1. The number of aliphatic hydroxyl groups is 1. The summed E-state index contributed by atoms with van der Waals surface area (Å²) in [6.45, 7) is 2.02. The molecule has 2 atom stereocenters. The van der Waals surface area contributed by atoms with Gasteiger partial charge in [-0.1, -0.05) is 0 Å².